The minimum atomic E-state index is -0.908. The zero-order chi connectivity index (χ0) is 15.0. The van der Waals surface area contributed by atoms with Crippen molar-refractivity contribution in [1.29, 1.82) is 0 Å². The molecule has 0 aromatic heterocycles. The van der Waals surface area contributed by atoms with Gasteiger partial charge in [0, 0.05) is 17.8 Å². The van der Waals surface area contributed by atoms with Crippen LogP contribution >= 0.6 is 0 Å². The molecule has 3 N–H and O–H groups in total. The van der Waals surface area contributed by atoms with Crippen molar-refractivity contribution in [1.82, 2.24) is 0 Å². The van der Waals surface area contributed by atoms with Gasteiger partial charge in [-0.25, -0.2) is 0 Å². The topological polar surface area (TPSA) is 95.5 Å². The van der Waals surface area contributed by atoms with E-state index in [0.717, 1.165) is 11.3 Å². The summed E-state index contributed by atoms with van der Waals surface area (Å²) in [6, 6.07) is 5.31. The molecule has 1 aromatic carbocycles. The Morgan fingerprint density at radius 2 is 1.95 bits per heavy atom. The Kier molecular flexibility index (Phi) is 3.37. The minimum absolute atomic E-state index is 0.00180. The summed E-state index contributed by atoms with van der Waals surface area (Å²) < 4.78 is 0. The number of aryl methyl sites for hydroxylation is 1. The van der Waals surface area contributed by atoms with Crippen LogP contribution in [-0.2, 0) is 20.8 Å². The standard InChI is InChI=1S/C15H16N2O4/c18-13-6-1-8-7-9(2-5-12(8)17-13)16-14(19)10-3-4-11(10)15(20)21/h2,5,7,10-11H,1,3-4,6H2,(H,16,19)(H,17,18)(H,20,21). The highest BCUT2D eigenvalue weighted by atomic mass is 16.4. The molecule has 1 fully saturated rings. The van der Waals surface area contributed by atoms with Crippen LogP contribution in [-0.4, -0.2) is 22.9 Å². The predicted molar refractivity (Wildman–Crippen MR) is 75.9 cm³/mol. The fraction of sp³-hybridized carbons (Fsp3) is 0.400. The molecule has 2 amide bonds. The molecule has 0 saturated heterocycles. The quantitative estimate of drug-likeness (QED) is 0.787. The van der Waals surface area contributed by atoms with Crippen LogP contribution in [0.15, 0.2) is 18.2 Å². The smallest absolute Gasteiger partial charge is 0.307 e. The predicted octanol–water partition coefficient (Wildman–Crippen LogP) is 1.62. The molecule has 0 bridgehead atoms. The van der Waals surface area contributed by atoms with Gasteiger partial charge in [-0.2, -0.15) is 0 Å². The van der Waals surface area contributed by atoms with Gasteiger partial charge >= 0.3 is 5.97 Å². The molecule has 3 rings (SSSR count). The maximum absolute atomic E-state index is 12.1. The maximum Gasteiger partial charge on any atom is 0.307 e. The lowest BCUT2D eigenvalue weighted by Crippen LogP contribution is -2.41. The average molecular weight is 288 g/mol. The summed E-state index contributed by atoms with van der Waals surface area (Å²) in [4.78, 5) is 34.3. The Hall–Kier alpha value is -2.37. The largest absolute Gasteiger partial charge is 0.481 e. The maximum atomic E-state index is 12.1. The first-order valence-electron chi connectivity index (χ1n) is 7.01. The molecule has 1 aliphatic heterocycles. The lowest BCUT2D eigenvalue weighted by atomic mass is 9.73. The highest BCUT2D eigenvalue weighted by Gasteiger charge is 2.41. The zero-order valence-corrected chi connectivity index (χ0v) is 11.4. The highest BCUT2D eigenvalue weighted by Crippen LogP contribution is 2.35. The van der Waals surface area contributed by atoms with Crippen LogP contribution in [0, 0.1) is 11.8 Å². The second kappa shape index (κ2) is 5.20. The van der Waals surface area contributed by atoms with Gasteiger partial charge in [0.1, 0.15) is 0 Å². The van der Waals surface area contributed by atoms with Crippen LogP contribution in [0.3, 0.4) is 0 Å². The Morgan fingerprint density at radius 3 is 2.62 bits per heavy atom. The number of rotatable bonds is 3. The molecule has 2 aliphatic rings. The van der Waals surface area contributed by atoms with Gasteiger partial charge in [0.2, 0.25) is 11.8 Å². The van der Waals surface area contributed by atoms with E-state index in [0.29, 0.717) is 31.4 Å². The van der Waals surface area contributed by atoms with Crippen molar-refractivity contribution < 1.29 is 19.5 Å². The SMILES string of the molecule is O=C1CCc2cc(NC(=O)C3CCC3C(=O)O)ccc2N1. The molecule has 1 saturated carbocycles. The van der Waals surface area contributed by atoms with Crippen molar-refractivity contribution in [3.05, 3.63) is 23.8 Å². The molecule has 1 aliphatic carbocycles. The summed E-state index contributed by atoms with van der Waals surface area (Å²) in [6.07, 6.45) is 2.26. The number of fused-ring (bicyclic) bond motifs is 1. The van der Waals surface area contributed by atoms with Crippen molar-refractivity contribution in [3.8, 4) is 0 Å². The van der Waals surface area contributed by atoms with Crippen LogP contribution in [0.4, 0.5) is 11.4 Å². The minimum Gasteiger partial charge on any atom is -0.481 e. The van der Waals surface area contributed by atoms with Gasteiger partial charge in [-0.05, 0) is 43.0 Å². The number of anilines is 2. The van der Waals surface area contributed by atoms with E-state index in [2.05, 4.69) is 10.6 Å². The number of amides is 2. The van der Waals surface area contributed by atoms with E-state index in [1.807, 2.05) is 6.07 Å². The third-order valence-electron chi connectivity index (χ3n) is 4.20. The van der Waals surface area contributed by atoms with E-state index in [9.17, 15) is 14.4 Å². The summed E-state index contributed by atoms with van der Waals surface area (Å²) in [5.74, 6) is -2.17. The number of carbonyl (C=O) groups is 3. The van der Waals surface area contributed by atoms with Gasteiger partial charge in [0.05, 0.1) is 11.8 Å². The van der Waals surface area contributed by atoms with Crippen LogP contribution in [0.5, 0.6) is 0 Å². The van der Waals surface area contributed by atoms with E-state index in [-0.39, 0.29) is 11.8 Å². The van der Waals surface area contributed by atoms with Gasteiger partial charge < -0.3 is 15.7 Å². The number of hydrogen-bond donors (Lipinski definition) is 3. The van der Waals surface area contributed by atoms with Gasteiger partial charge in [-0.3, -0.25) is 14.4 Å². The van der Waals surface area contributed by atoms with Crippen LogP contribution < -0.4 is 10.6 Å². The molecule has 6 nitrogen and oxygen atoms in total. The molecular formula is C15H16N2O4. The molecule has 110 valence electrons. The number of aliphatic carboxylic acids is 1. The number of hydrogen-bond acceptors (Lipinski definition) is 3. The monoisotopic (exact) mass is 288 g/mol. The summed E-state index contributed by atoms with van der Waals surface area (Å²) in [7, 11) is 0. The molecule has 1 aromatic rings. The summed E-state index contributed by atoms with van der Waals surface area (Å²) >= 11 is 0. The van der Waals surface area contributed by atoms with Crippen LogP contribution in [0.2, 0.25) is 0 Å². The van der Waals surface area contributed by atoms with Crippen molar-refractivity contribution in [2.75, 3.05) is 10.6 Å². The number of benzene rings is 1. The average Bonchev–Trinajstić information content (AvgIpc) is 2.36. The van der Waals surface area contributed by atoms with Gasteiger partial charge in [0.25, 0.3) is 0 Å². The summed E-state index contributed by atoms with van der Waals surface area (Å²) in [5, 5.41) is 14.5. The molecule has 1 heterocycles. The van der Waals surface area contributed by atoms with E-state index >= 15 is 0 Å². The summed E-state index contributed by atoms with van der Waals surface area (Å²) in [5.41, 5.74) is 2.40. The Labute approximate surface area is 121 Å². The number of nitrogens with one attached hydrogen (secondary N) is 2. The van der Waals surface area contributed by atoms with Gasteiger partial charge in [-0.1, -0.05) is 0 Å². The van der Waals surface area contributed by atoms with Crippen molar-refractivity contribution >= 4 is 29.2 Å². The molecule has 2 unspecified atom stereocenters. The van der Waals surface area contributed by atoms with Crippen molar-refractivity contribution in [3.63, 3.8) is 0 Å². The molecular weight excluding hydrogens is 272 g/mol. The third kappa shape index (κ3) is 2.61. The second-order valence-corrected chi connectivity index (χ2v) is 5.54. The van der Waals surface area contributed by atoms with Gasteiger partial charge in [-0.15, -0.1) is 0 Å². The lowest BCUT2D eigenvalue weighted by Gasteiger charge is -2.32. The fourth-order valence-electron chi connectivity index (χ4n) is 2.81. The molecule has 21 heavy (non-hydrogen) atoms. The Bertz CT molecular complexity index is 626. The normalized spacial score (nSPS) is 23.5. The van der Waals surface area contributed by atoms with E-state index in [1.54, 1.807) is 12.1 Å². The van der Waals surface area contributed by atoms with E-state index < -0.39 is 17.8 Å². The van der Waals surface area contributed by atoms with Gasteiger partial charge in [0.15, 0.2) is 0 Å². The fourth-order valence-corrected chi connectivity index (χ4v) is 2.81. The number of carboxylic acid groups (broad SMARTS) is 1. The highest BCUT2D eigenvalue weighted by molar-refractivity contribution is 5.97. The Balaban J connectivity index is 1.69. The zero-order valence-electron chi connectivity index (χ0n) is 11.4. The van der Waals surface area contributed by atoms with Crippen molar-refractivity contribution in [2.45, 2.75) is 25.7 Å². The molecule has 2 atom stereocenters. The number of carboxylic acids is 1. The third-order valence-corrected chi connectivity index (χ3v) is 4.20. The first-order valence-corrected chi connectivity index (χ1v) is 7.01. The summed E-state index contributed by atoms with van der Waals surface area (Å²) in [6.45, 7) is 0. The van der Waals surface area contributed by atoms with E-state index in [1.165, 1.54) is 0 Å². The van der Waals surface area contributed by atoms with Crippen LogP contribution in [0.1, 0.15) is 24.8 Å². The first kappa shape index (κ1) is 13.6. The number of carbonyl (C=O) groups excluding carboxylic acids is 2. The first-order chi connectivity index (χ1) is 10.0. The molecule has 0 spiro atoms. The van der Waals surface area contributed by atoms with Crippen molar-refractivity contribution in [2.24, 2.45) is 11.8 Å². The Morgan fingerprint density at radius 1 is 1.19 bits per heavy atom. The van der Waals surface area contributed by atoms with E-state index in [4.69, 9.17) is 5.11 Å². The second-order valence-electron chi connectivity index (χ2n) is 5.54. The molecule has 6 heteroatoms. The lowest BCUT2D eigenvalue weighted by molar-refractivity contribution is -0.151. The molecule has 0 radical (unpaired) electrons. The van der Waals surface area contributed by atoms with Crippen LogP contribution in [0.25, 0.3) is 0 Å².